The minimum atomic E-state index is -0.420. The molecule has 2 rings (SSSR count). The third-order valence-corrected chi connectivity index (χ3v) is 3.59. The van der Waals surface area contributed by atoms with E-state index in [2.05, 4.69) is 6.58 Å². The van der Waals surface area contributed by atoms with Gasteiger partial charge in [0.05, 0.1) is 18.1 Å². The van der Waals surface area contributed by atoms with Crippen LogP contribution in [0, 0.1) is 10.1 Å². The van der Waals surface area contributed by atoms with Gasteiger partial charge in [-0.1, -0.05) is 30.9 Å². The molecule has 27 heavy (non-hydrogen) atoms. The van der Waals surface area contributed by atoms with Crippen LogP contribution >= 0.6 is 0 Å². The monoisotopic (exact) mass is 367 g/mol. The normalized spacial score (nSPS) is 10.6. The second kappa shape index (κ2) is 9.91. The Hall–Kier alpha value is -3.41. The molecule has 0 heterocycles. The van der Waals surface area contributed by atoms with E-state index in [1.54, 1.807) is 19.1 Å². The molecule has 140 valence electrons. The maximum Gasteiger partial charge on any atom is 0.333 e. The zero-order valence-electron chi connectivity index (χ0n) is 15.1. The lowest BCUT2D eigenvalue weighted by Gasteiger charge is -2.07. The zero-order valence-corrected chi connectivity index (χ0v) is 15.1. The minimum absolute atomic E-state index is 0.0723. The van der Waals surface area contributed by atoms with E-state index in [-0.39, 0.29) is 11.7 Å². The van der Waals surface area contributed by atoms with E-state index < -0.39 is 4.92 Å². The quantitative estimate of drug-likeness (QED) is 0.161. The first kappa shape index (κ1) is 19.9. The van der Waals surface area contributed by atoms with Crippen LogP contribution in [0.5, 0.6) is 5.75 Å². The van der Waals surface area contributed by atoms with Gasteiger partial charge in [-0.2, -0.15) is 0 Å². The van der Waals surface area contributed by atoms with Crippen molar-refractivity contribution in [3.8, 4) is 5.75 Å². The molecule has 0 spiro atoms. The van der Waals surface area contributed by atoms with Crippen molar-refractivity contribution in [1.82, 2.24) is 0 Å². The third-order valence-electron chi connectivity index (χ3n) is 3.59. The van der Waals surface area contributed by atoms with Crippen molar-refractivity contribution in [1.29, 1.82) is 0 Å². The van der Waals surface area contributed by atoms with Gasteiger partial charge in [0, 0.05) is 24.1 Å². The summed E-state index contributed by atoms with van der Waals surface area (Å²) in [5.74, 6) is 0.341. The van der Waals surface area contributed by atoms with Crippen LogP contribution in [-0.4, -0.2) is 24.1 Å². The Morgan fingerprint density at radius 1 is 1.04 bits per heavy atom. The third kappa shape index (κ3) is 6.78. The summed E-state index contributed by atoms with van der Waals surface area (Å²) in [4.78, 5) is 21.4. The summed E-state index contributed by atoms with van der Waals surface area (Å²) in [5.41, 5.74) is 2.32. The minimum Gasteiger partial charge on any atom is -0.493 e. The number of hydrogen-bond acceptors (Lipinski definition) is 5. The maximum absolute atomic E-state index is 11.2. The number of benzene rings is 2. The molecule has 6 nitrogen and oxygen atoms in total. The Morgan fingerprint density at radius 2 is 1.59 bits per heavy atom. The van der Waals surface area contributed by atoms with Gasteiger partial charge in [0.15, 0.2) is 0 Å². The molecule has 0 radical (unpaired) electrons. The van der Waals surface area contributed by atoms with E-state index in [4.69, 9.17) is 9.47 Å². The molecule has 0 saturated carbocycles. The highest BCUT2D eigenvalue weighted by Gasteiger charge is 2.03. The van der Waals surface area contributed by atoms with E-state index >= 15 is 0 Å². The van der Waals surface area contributed by atoms with Crippen LogP contribution in [0.4, 0.5) is 5.69 Å². The number of ether oxygens (including phenoxy) is 2. The highest BCUT2D eigenvalue weighted by molar-refractivity contribution is 5.86. The number of non-ortho nitro benzene ring substituents is 1. The maximum atomic E-state index is 11.2. The predicted molar refractivity (Wildman–Crippen MR) is 104 cm³/mol. The van der Waals surface area contributed by atoms with Gasteiger partial charge in [-0.15, -0.1) is 0 Å². The van der Waals surface area contributed by atoms with Crippen LogP contribution in [-0.2, 0) is 9.53 Å². The Morgan fingerprint density at radius 3 is 2.11 bits per heavy atom. The SMILES string of the molecule is C=C(C)C(=O)OCCCOc1ccc(C=Cc2ccc([N+](=O)[O-])cc2)cc1. The fraction of sp³-hybridized carbons (Fsp3) is 0.190. The van der Waals surface area contributed by atoms with Crippen molar-refractivity contribution in [3.63, 3.8) is 0 Å². The van der Waals surface area contributed by atoms with Crippen LogP contribution in [0.1, 0.15) is 24.5 Å². The first-order valence-electron chi connectivity index (χ1n) is 8.44. The van der Waals surface area contributed by atoms with Crippen LogP contribution < -0.4 is 4.74 Å². The van der Waals surface area contributed by atoms with Crippen LogP contribution in [0.3, 0.4) is 0 Å². The summed E-state index contributed by atoms with van der Waals surface area (Å²) in [6.07, 6.45) is 4.40. The predicted octanol–water partition coefficient (Wildman–Crippen LogP) is 4.65. The van der Waals surface area contributed by atoms with Crippen molar-refractivity contribution in [2.75, 3.05) is 13.2 Å². The number of nitro benzene ring substituents is 1. The smallest absolute Gasteiger partial charge is 0.333 e. The number of nitro groups is 1. The summed E-state index contributed by atoms with van der Waals surface area (Å²) in [6, 6.07) is 13.9. The van der Waals surface area contributed by atoms with E-state index in [1.807, 2.05) is 36.4 Å². The van der Waals surface area contributed by atoms with Gasteiger partial charge in [0.2, 0.25) is 0 Å². The number of rotatable bonds is 9. The Kier molecular flexibility index (Phi) is 7.31. The Balaban J connectivity index is 1.78. The van der Waals surface area contributed by atoms with Crippen LogP contribution in [0.15, 0.2) is 60.7 Å². The molecule has 2 aromatic carbocycles. The standard InChI is InChI=1S/C21H21NO5/c1-16(2)21(23)27-15-3-14-26-20-12-8-18(9-13-20)5-4-17-6-10-19(11-7-17)22(24)25/h4-13H,1,3,14-15H2,2H3. The van der Waals surface area contributed by atoms with Gasteiger partial charge in [0.25, 0.3) is 5.69 Å². The molecule has 0 aliphatic heterocycles. The molecule has 0 fully saturated rings. The zero-order chi connectivity index (χ0) is 19.6. The molecule has 0 aliphatic rings. The van der Waals surface area contributed by atoms with E-state index in [0.29, 0.717) is 25.2 Å². The van der Waals surface area contributed by atoms with Gasteiger partial charge in [-0.25, -0.2) is 4.79 Å². The highest BCUT2D eigenvalue weighted by Crippen LogP contribution is 2.16. The van der Waals surface area contributed by atoms with Crippen molar-refractivity contribution >= 4 is 23.8 Å². The number of carbonyl (C=O) groups is 1. The molecular weight excluding hydrogens is 346 g/mol. The van der Waals surface area contributed by atoms with Crippen LogP contribution in [0.2, 0.25) is 0 Å². The van der Waals surface area contributed by atoms with Crippen molar-refractivity contribution in [2.45, 2.75) is 13.3 Å². The summed E-state index contributed by atoms with van der Waals surface area (Å²) in [5, 5.41) is 10.6. The first-order valence-corrected chi connectivity index (χ1v) is 8.44. The molecule has 0 aliphatic carbocycles. The number of hydrogen-bond donors (Lipinski definition) is 0. The number of carbonyl (C=O) groups excluding carboxylic acids is 1. The molecule has 0 N–H and O–H groups in total. The lowest BCUT2D eigenvalue weighted by Crippen LogP contribution is -2.09. The van der Waals surface area contributed by atoms with Crippen molar-refractivity contribution in [2.24, 2.45) is 0 Å². The Bertz CT molecular complexity index is 823. The Labute approximate surface area is 157 Å². The first-order chi connectivity index (χ1) is 13.0. The molecule has 0 amide bonds. The summed E-state index contributed by atoms with van der Waals surface area (Å²) < 4.78 is 10.6. The molecule has 0 unspecified atom stereocenters. The number of nitrogens with zero attached hydrogens (tertiary/aromatic N) is 1. The van der Waals surface area contributed by atoms with E-state index in [1.165, 1.54) is 12.1 Å². The molecule has 0 saturated heterocycles. The van der Waals surface area contributed by atoms with Gasteiger partial charge >= 0.3 is 5.97 Å². The highest BCUT2D eigenvalue weighted by atomic mass is 16.6. The van der Waals surface area contributed by atoms with Gasteiger partial charge in [-0.05, 0) is 42.3 Å². The molecular formula is C21H21NO5. The summed E-state index contributed by atoms with van der Waals surface area (Å²) in [7, 11) is 0. The van der Waals surface area contributed by atoms with Crippen LogP contribution in [0.25, 0.3) is 12.2 Å². The van der Waals surface area contributed by atoms with Gasteiger partial charge in [0.1, 0.15) is 5.75 Å². The topological polar surface area (TPSA) is 78.7 Å². The van der Waals surface area contributed by atoms with Crippen molar-refractivity contribution < 1.29 is 19.2 Å². The van der Waals surface area contributed by atoms with E-state index in [9.17, 15) is 14.9 Å². The molecule has 0 atom stereocenters. The average molecular weight is 367 g/mol. The van der Waals surface area contributed by atoms with Gasteiger partial charge in [-0.3, -0.25) is 10.1 Å². The average Bonchev–Trinajstić information content (AvgIpc) is 2.67. The fourth-order valence-corrected chi connectivity index (χ4v) is 2.11. The second-order valence-electron chi connectivity index (χ2n) is 5.87. The van der Waals surface area contributed by atoms with Crippen molar-refractivity contribution in [3.05, 3.63) is 81.9 Å². The van der Waals surface area contributed by atoms with Gasteiger partial charge < -0.3 is 9.47 Å². The summed E-state index contributed by atoms with van der Waals surface area (Å²) >= 11 is 0. The fourth-order valence-electron chi connectivity index (χ4n) is 2.11. The lowest BCUT2D eigenvalue weighted by atomic mass is 10.1. The largest absolute Gasteiger partial charge is 0.493 e. The number of esters is 1. The van der Waals surface area contributed by atoms with E-state index in [0.717, 1.165) is 16.9 Å². The molecule has 2 aromatic rings. The second-order valence-corrected chi connectivity index (χ2v) is 5.87. The molecule has 0 bridgehead atoms. The molecule has 6 heteroatoms. The summed E-state index contributed by atoms with van der Waals surface area (Å²) in [6.45, 7) is 5.86. The molecule has 0 aromatic heterocycles. The lowest BCUT2D eigenvalue weighted by molar-refractivity contribution is -0.384.